The van der Waals surface area contributed by atoms with Gasteiger partial charge < -0.3 is 9.64 Å². The normalized spacial score (nSPS) is 28.1. The van der Waals surface area contributed by atoms with Crippen LogP contribution in [0, 0.1) is 11.8 Å². The first-order valence-electron chi connectivity index (χ1n) is 8.22. The predicted molar refractivity (Wildman–Crippen MR) is 78.5 cm³/mol. The second kappa shape index (κ2) is 5.64. The Balaban J connectivity index is 1.71. The number of nitrogens with zero attached hydrogens (tertiary/aromatic N) is 1. The topological polar surface area (TPSA) is 41.6 Å². The van der Waals surface area contributed by atoms with Gasteiger partial charge in [-0.15, -0.1) is 0 Å². The van der Waals surface area contributed by atoms with Crippen molar-refractivity contribution in [3.8, 4) is 0 Å². The van der Waals surface area contributed by atoms with Crippen LogP contribution in [-0.4, -0.2) is 49.2 Å². The molecule has 1 atom stereocenters. The van der Waals surface area contributed by atoms with Gasteiger partial charge in [0, 0.05) is 12.6 Å². The molecule has 0 aromatic carbocycles. The molecule has 0 bridgehead atoms. The average Bonchev–Trinajstić information content (AvgIpc) is 3.31. The molecule has 3 fully saturated rings. The summed E-state index contributed by atoms with van der Waals surface area (Å²) in [6, 6.07) is 0.540. The highest BCUT2D eigenvalue weighted by Crippen LogP contribution is 2.43. The molecule has 1 unspecified atom stereocenters. The van der Waals surface area contributed by atoms with Crippen LogP contribution in [0.1, 0.15) is 45.4 Å². The summed E-state index contributed by atoms with van der Waals surface area (Å²) in [6.07, 6.45) is 7.26. The monoisotopic (exact) mass is 280 g/mol. The Labute approximate surface area is 122 Å². The van der Waals surface area contributed by atoms with E-state index in [9.17, 15) is 4.79 Å². The lowest BCUT2D eigenvalue weighted by molar-refractivity contribution is -0.151. The average molecular weight is 280 g/mol. The molecule has 0 aromatic heterocycles. The number of piperidine rings is 1. The zero-order valence-electron chi connectivity index (χ0n) is 12.9. The minimum absolute atomic E-state index is 0.0366. The number of esters is 1. The number of carbonyl (C=O) groups is 1. The molecule has 2 aliphatic carbocycles. The summed E-state index contributed by atoms with van der Waals surface area (Å²) in [5, 5.41) is 3.66. The Morgan fingerprint density at radius 2 is 1.85 bits per heavy atom. The van der Waals surface area contributed by atoms with Crippen LogP contribution in [0.4, 0.5) is 0 Å². The summed E-state index contributed by atoms with van der Waals surface area (Å²) >= 11 is 0. The third kappa shape index (κ3) is 3.01. The van der Waals surface area contributed by atoms with Crippen molar-refractivity contribution in [3.05, 3.63) is 0 Å². The lowest BCUT2D eigenvalue weighted by Crippen LogP contribution is -2.62. The molecule has 2 saturated carbocycles. The molecule has 0 aromatic rings. The highest BCUT2D eigenvalue weighted by molar-refractivity contribution is 5.82. The van der Waals surface area contributed by atoms with E-state index in [-0.39, 0.29) is 5.97 Å². The van der Waals surface area contributed by atoms with Crippen LogP contribution in [0.3, 0.4) is 0 Å². The van der Waals surface area contributed by atoms with Gasteiger partial charge in [0.15, 0.2) is 0 Å². The zero-order chi connectivity index (χ0) is 14.2. The summed E-state index contributed by atoms with van der Waals surface area (Å²) < 4.78 is 5.18. The van der Waals surface area contributed by atoms with Crippen molar-refractivity contribution in [2.75, 3.05) is 26.7 Å². The third-order valence-electron chi connectivity index (χ3n) is 5.21. The van der Waals surface area contributed by atoms with Crippen LogP contribution in [0.25, 0.3) is 0 Å². The minimum atomic E-state index is -0.434. The number of rotatable bonds is 6. The largest absolute Gasteiger partial charge is 0.468 e. The van der Waals surface area contributed by atoms with Crippen molar-refractivity contribution in [1.82, 2.24) is 10.2 Å². The summed E-state index contributed by atoms with van der Waals surface area (Å²) in [5.74, 6) is 1.27. The van der Waals surface area contributed by atoms with Crippen LogP contribution in [0.2, 0.25) is 0 Å². The number of nitrogens with one attached hydrogen (secondary N) is 1. The van der Waals surface area contributed by atoms with Crippen LogP contribution in [0.15, 0.2) is 0 Å². The molecule has 0 amide bonds. The Morgan fingerprint density at radius 1 is 1.20 bits per heavy atom. The quantitative estimate of drug-likeness (QED) is 0.753. The molecule has 4 nitrogen and oxygen atoms in total. The number of likely N-dealkylation sites (tertiary alicyclic amines) is 1. The summed E-state index contributed by atoms with van der Waals surface area (Å²) in [6.45, 7) is 5.42. The van der Waals surface area contributed by atoms with E-state index in [1.807, 2.05) is 0 Å². The Kier molecular flexibility index (Phi) is 4.04. The van der Waals surface area contributed by atoms with Crippen LogP contribution < -0.4 is 5.32 Å². The van der Waals surface area contributed by atoms with Crippen molar-refractivity contribution in [2.24, 2.45) is 11.8 Å². The smallest absolute Gasteiger partial charge is 0.327 e. The van der Waals surface area contributed by atoms with Gasteiger partial charge in [0.2, 0.25) is 0 Å². The third-order valence-corrected chi connectivity index (χ3v) is 5.21. The maximum atomic E-state index is 12.5. The first-order chi connectivity index (χ1) is 9.64. The van der Waals surface area contributed by atoms with Gasteiger partial charge in [0.25, 0.3) is 0 Å². The van der Waals surface area contributed by atoms with Crippen molar-refractivity contribution in [1.29, 1.82) is 0 Å². The summed E-state index contributed by atoms with van der Waals surface area (Å²) in [4.78, 5) is 15.0. The number of carbonyl (C=O) groups excluding carboxylic acids is 1. The highest BCUT2D eigenvalue weighted by Gasteiger charge is 2.54. The van der Waals surface area contributed by atoms with E-state index in [1.54, 1.807) is 0 Å². The standard InChI is InChI=1S/C16H28N2O2/c1-12-7-9-18(10-8-12)11-16(13-3-4-13,15(19)20-2)17-14-5-6-14/h12-14,17H,3-11H2,1-2H3. The second-order valence-corrected chi connectivity index (χ2v) is 7.11. The van der Waals surface area contributed by atoms with Gasteiger partial charge in [0.1, 0.15) is 5.54 Å². The van der Waals surface area contributed by atoms with Crippen molar-refractivity contribution in [3.63, 3.8) is 0 Å². The SMILES string of the molecule is COC(=O)C(CN1CCC(C)CC1)(NC1CC1)C1CC1. The number of hydrogen-bond acceptors (Lipinski definition) is 4. The van der Waals surface area contributed by atoms with E-state index in [1.165, 1.54) is 45.6 Å². The fourth-order valence-electron chi connectivity index (χ4n) is 3.51. The van der Waals surface area contributed by atoms with Crippen molar-refractivity contribution >= 4 is 5.97 Å². The van der Waals surface area contributed by atoms with Gasteiger partial charge in [0.05, 0.1) is 7.11 Å². The predicted octanol–water partition coefficient (Wildman–Crippen LogP) is 1.79. The molecule has 3 rings (SSSR count). The van der Waals surface area contributed by atoms with E-state index < -0.39 is 5.54 Å². The first-order valence-corrected chi connectivity index (χ1v) is 8.22. The maximum Gasteiger partial charge on any atom is 0.327 e. The van der Waals surface area contributed by atoms with Gasteiger partial charge in [-0.25, -0.2) is 4.79 Å². The molecule has 20 heavy (non-hydrogen) atoms. The van der Waals surface area contributed by atoms with E-state index in [4.69, 9.17) is 4.74 Å². The van der Waals surface area contributed by atoms with Gasteiger partial charge in [-0.05, 0) is 63.5 Å². The molecule has 4 heteroatoms. The van der Waals surface area contributed by atoms with Gasteiger partial charge in [-0.3, -0.25) is 5.32 Å². The first kappa shape index (κ1) is 14.3. The lowest BCUT2D eigenvalue weighted by atomic mass is 9.90. The molecular formula is C16H28N2O2. The Bertz CT molecular complexity index is 357. The van der Waals surface area contributed by atoms with E-state index in [2.05, 4.69) is 17.1 Å². The summed E-state index contributed by atoms with van der Waals surface area (Å²) in [5.41, 5.74) is -0.434. The Hall–Kier alpha value is -0.610. The number of methoxy groups -OCH3 is 1. The van der Waals surface area contributed by atoms with Gasteiger partial charge in [-0.2, -0.15) is 0 Å². The number of ether oxygens (including phenoxy) is 1. The molecule has 3 aliphatic rings. The van der Waals surface area contributed by atoms with Crippen molar-refractivity contribution in [2.45, 2.75) is 57.0 Å². The van der Waals surface area contributed by atoms with E-state index in [0.29, 0.717) is 12.0 Å². The summed E-state index contributed by atoms with van der Waals surface area (Å²) in [7, 11) is 1.53. The highest BCUT2D eigenvalue weighted by atomic mass is 16.5. The fourth-order valence-corrected chi connectivity index (χ4v) is 3.51. The van der Waals surface area contributed by atoms with Crippen LogP contribution in [-0.2, 0) is 9.53 Å². The molecule has 0 spiro atoms. The molecule has 1 saturated heterocycles. The molecule has 1 heterocycles. The van der Waals surface area contributed by atoms with Crippen LogP contribution in [0.5, 0.6) is 0 Å². The fraction of sp³-hybridized carbons (Fsp3) is 0.938. The second-order valence-electron chi connectivity index (χ2n) is 7.11. The molecule has 114 valence electrons. The van der Waals surface area contributed by atoms with Crippen molar-refractivity contribution < 1.29 is 9.53 Å². The maximum absolute atomic E-state index is 12.5. The zero-order valence-corrected chi connectivity index (χ0v) is 12.9. The minimum Gasteiger partial charge on any atom is -0.468 e. The lowest BCUT2D eigenvalue weighted by Gasteiger charge is -2.40. The molecule has 1 N–H and O–H groups in total. The number of hydrogen-bond donors (Lipinski definition) is 1. The molecule has 0 radical (unpaired) electrons. The molecular weight excluding hydrogens is 252 g/mol. The molecule has 1 aliphatic heterocycles. The van der Waals surface area contributed by atoms with Gasteiger partial charge in [-0.1, -0.05) is 6.92 Å². The van der Waals surface area contributed by atoms with E-state index >= 15 is 0 Å². The van der Waals surface area contributed by atoms with Crippen LogP contribution >= 0.6 is 0 Å². The van der Waals surface area contributed by atoms with E-state index in [0.717, 1.165) is 25.6 Å². The Morgan fingerprint density at radius 3 is 2.35 bits per heavy atom. The van der Waals surface area contributed by atoms with Gasteiger partial charge >= 0.3 is 5.97 Å².